The van der Waals surface area contributed by atoms with Crippen LogP contribution in [0.25, 0.3) is 0 Å². The number of hydrogen-bond acceptors (Lipinski definition) is 3. The zero-order chi connectivity index (χ0) is 21.1. The second kappa shape index (κ2) is 9.89. The Labute approximate surface area is 201 Å². The van der Waals surface area contributed by atoms with Crippen LogP contribution in [0.15, 0.2) is 53.5 Å². The van der Waals surface area contributed by atoms with Crippen molar-refractivity contribution < 1.29 is 9.53 Å². The van der Waals surface area contributed by atoms with Crippen molar-refractivity contribution in [2.24, 2.45) is 4.99 Å². The number of nitrogens with zero attached hydrogens (tertiary/aromatic N) is 2. The number of ether oxygens (including phenoxy) is 1. The number of carbonyl (C=O) groups excluding carboxylic acids is 1. The Morgan fingerprint density at radius 2 is 1.87 bits per heavy atom. The van der Waals surface area contributed by atoms with Crippen LogP contribution in [0.1, 0.15) is 43.0 Å². The summed E-state index contributed by atoms with van der Waals surface area (Å²) >= 11 is 0. The molecule has 1 atom stereocenters. The van der Waals surface area contributed by atoms with Gasteiger partial charge in [0, 0.05) is 32.1 Å². The monoisotopic (exact) mass is 534 g/mol. The Morgan fingerprint density at radius 1 is 1.16 bits per heavy atom. The molecule has 2 N–H and O–H groups in total. The fourth-order valence-corrected chi connectivity index (χ4v) is 4.27. The zero-order valence-electron chi connectivity index (χ0n) is 18.4. The third-order valence-corrected chi connectivity index (χ3v) is 5.80. The van der Waals surface area contributed by atoms with Crippen molar-refractivity contribution >= 4 is 35.8 Å². The molecule has 7 heteroatoms. The SMILES string of the molecule is CN=C(NCC(=O)N1CCc2ccccc2C1)NC1CC(C)(C)Oc2ccccc21.I. The Morgan fingerprint density at radius 3 is 2.65 bits per heavy atom. The molecule has 0 saturated heterocycles. The molecule has 0 bridgehead atoms. The van der Waals surface area contributed by atoms with Crippen LogP contribution in [-0.2, 0) is 17.8 Å². The molecule has 31 heavy (non-hydrogen) atoms. The number of aliphatic imine (C=N–C) groups is 1. The lowest BCUT2D eigenvalue weighted by atomic mass is 9.90. The quantitative estimate of drug-likeness (QED) is 0.359. The second-order valence-corrected chi connectivity index (χ2v) is 8.56. The van der Waals surface area contributed by atoms with Crippen molar-refractivity contribution in [3.63, 3.8) is 0 Å². The maximum atomic E-state index is 12.8. The molecule has 4 rings (SSSR count). The van der Waals surface area contributed by atoms with Gasteiger partial charge >= 0.3 is 0 Å². The summed E-state index contributed by atoms with van der Waals surface area (Å²) in [5.74, 6) is 1.60. The van der Waals surface area contributed by atoms with Crippen molar-refractivity contribution in [2.45, 2.75) is 44.9 Å². The fourth-order valence-electron chi connectivity index (χ4n) is 4.27. The first-order chi connectivity index (χ1) is 14.4. The van der Waals surface area contributed by atoms with Crippen molar-refractivity contribution in [3.8, 4) is 5.75 Å². The Kier molecular flexibility index (Phi) is 7.46. The predicted octanol–water partition coefficient (Wildman–Crippen LogP) is 3.66. The minimum absolute atomic E-state index is 0. The summed E-state index contributed by atoms with van der Waals surface area (Å²) in [6, 6.07) is 16.5. The molecule has 1 amide bonds. The fraction of sp³-hybridized carbons (Fsp3) is 0.417. The van der Waals surface area contributed by atoms with Crippen LogP contribution in [-0.4, -0.2) is 42.5 Å². The van der Waals surface area contributed by atoms with Crippen LogP contribution < -0.4 is 15.4 Å². The van der Waals surface area contributed by atoms with Gasteiger partial charge in [-0.2, -0.15) is 0 Å². The van der Waals surface area contributed by atoms with Crippen LogP contribution >= 0.6 is 24.0 Å². The molecule has 0 radical (unpaired) electrons. The van der Waals surface area contributed by atoms with Gasteiger partial charge in [-0.3, -0.25) is 9.79 Å². The number of guanidine groups is 1. The molecule has 0 saturated carbocycles. The molecule has 0 spiro atoms. The van der Waals surface area contributed by atoms with Crippen LogP contribution in [0.4, 0.5) is 0 Å². The molecule has 2 aliphatic heterocycles. The second-order valence-electron chi connectivity index (χ2n) is 8.56. The van der Waals surface area contributed by atoms with Crippen molar-refractivity contribution in [1.82, 2.24) is 15.5 Å². The van der Waals surface area contributed by atoms with E-state index in [1.54, 1.807) is 7.05 Å². The molecule has 0 aromatic heterocycles. The summed E-state index contributed by atoms with van der Waals surface area (Å²) < 4.78 is 6.11. The highest BCUT2D eigenvalue weighted by Gasteiger charge is 2.34. The normalized spacial score (nSPS) is 19.3. The average Bonchev–Trinajstić information content (AvgIpc) is 2.75. The van der Waals surface area contributed by atoms with Crippen LogP contribution in [0, 0.1) is 0 Å². The molecule has 6 nitrogen and oxygen atoms in total. The highest BCUT2D eigenvalue weighted by molar-refractivity contribution is 14.0. The summed E-state index contributed by atoms with van der Waals surface area (Å²) in [6.45, 7) is 5.82. The minimum atomic E-state index is -0.276. The number of rotatable bonds is 3. The van der Waals surface area contributed by atoms with Gasteiger partial charge in [-0.05, 0) is 37.5 Å². The summed E-state index contributed by atoms with van der Waals surface area (Å²) in [5, 5.41) is 6.68. The molecule has 1 unspecified atom stereocenters. The van der Waals surface area contributed by atoms with E-state index in [0.29, 0.717) is 12.5 Å². The molecular formula is C24H31IN4O2. The molecule has 2 aromatic rings. The maximum absolute atomic E-state index is 12.8. The van der Waals surface area contributed by atoms with Gasteiger partial charge < -0.3 is 20.3 Å². The highest BCUT2D eigenvalue weighted by Crippen LogP contribution is 2.39. The molecular weight excluding hydrogens is 503 g/mol. The predicted molar refractivity (Wildman–Crippen MR) is 134 cm³/mol. The van der Waals surface area contributed by atoms with E-state index in [-0.39, 0.29) is 48.1 Å². The summed E-state index contributed by atoms with van der Waals surface area (Å²) in [5.41, 5.74) is 3.41. The third kappa shape index (κ3) is 5.50. The first kappa shape index (κ1) is 23.4. The summed E-state index contributed by atoms with van der Waals surface area (Å²) in [4.78, 5) is 19.0. The van der Waals surface area contributed by atoms with Crippen LogP contribution in [0.2, 0.25) is 0 Å². The lowest BCUT2D eigenvalue weighted by molar-refractivity contribution is -0.130. The van der Waals surface area contributed by atoms with Crippen molar-refractivity contribution in [3.05, 3.63) is 65.2 Å². The van der Waals surface area contributed by atoms with E-state index >= 15 is 0 Å². The third-order valence-electron chi connectivity index (χ3n) is 5.80. The highest BCUT2D eigenvalue weighted by atomic mass is 127. The largest absolute Gasteiger partial charge is 0.487 e. The Balaban J connectivity index is 0.00000272. The first-order valence-corrected chi connectivity index (χ1v) is 10.5. The standard InChI is InChI=1S/C24H30N4O2.HI/c1-24(2)14-20(19-10-6-7-11-21(19)30-24)27-23(25-3)26-15-22(29)28-13-12-17-8-4-5-9-18(17)16-28;/h4-11,20H,12-16H2,1-3H3,(H2,25,26,27);1H. The minimum Gasteiger partial charge on any atom is -0.487 e. The Bertz CT molecular complexity index is 960. The number of para-hydroxylation sites is 1. The number of hydrogen-bond donors (Lipinski definition) is 2. The maximum Gasteiger partial charge on any atom is 0.242 e. The van der Waals surface area contributed by atoms with E-state index < -0.39 is 0 Å². The van der Waals surface area contributed by atoms with Crippen LogP contribution in [0.3, 0.4) is 0 Å². The number of halogens is 1. The number of benzene rings is 2. The van der Waals surface area contributed by atoms with Crippen molar-refractivity contribution in [2.75, 3.05) is 20.1 Å². The molecule has 0 fully saturated rings. The first-order valence-electron chi connectivity index (χ1n) is 10.5. The molecule has 2 heterocycles. The molecule has 0 aliphatic carbocycles. The van der Waals surface area contributed by atoms with Gasteiger partial charge in [-0.15, -0.1) is 24.0 Å². The smallest absolute Gasteiger partial charge is 0.242 e. The number of fused-ring (bicyclic) bond motifs is 2. The van der Waals surface area contributed by atoms with E-state index in [0.717, 1.165) is 30.7 Å². The van der Waals surface area contributed by atoms with Gasteiger partial charge in [-0.25, -0.2) is 0 Å². The molecule has 2 aromatic carbocycles. The molecule has 166 valence electrons. The van der Waals surface area contributed by atoms with Gasteiger partial charge in [-0.1, -0.05) is 42.5 Å². The van der Waals surface area contributed by atoms with E-state index in [4.69, 9.17) is 4.74 Å². The average molecular weight is 534 g/mol. The van der Waals surface area contributed by atoms with E-state index in [2.05, 4.69) is 53.7 Å². The van der Waals surface area contributed by atoms with Gasteiger partial charge in [0.05, 0.1) is 12.6 Å². The lowest BCUT2D eigenvalue weighted by Crippen LogP contribution is -2.48. The number of carbonyl (C=O) groups is 1. The van der Waals surface area contributed by atoms with E-state index in [1.165, 1.54) is 11.1 Å². The van der Waals surface area contributed by atoms with Crippen molar-refractivity contribution in [1.29, 1.82) is 0 Å². The molecule has 2 aliphatic rings. The van der Waals surface area contributed by atoms with Crippen LogP contribution in [0.5, 0.6) is 5.75 Å². The van der Waals surface area contributed by atoms with E-state index in [1.807, 2.05) is 29.2 Å². The number of nitrogens with one attached hydrogen (secondary N) is 2. The lowest BCUT2D eigenvalue weighted by Gasteiger charge is -2.38. The Hall–Kier alpha value is -2.29. The zero-order valence-corrected chi connectivity index (χ0v) is 20.7. The van der Waals surface area contributed by atoms with E-state index in [9.17, 15) is 4.79 Å². The topological polar surface area (TPSA) is 66.0 Å². The number of amides is 1. The van der Waals surface area contributed by atoms with Gasteiger partial charge in [0.1, 0.15) is 11.4 Å². The van der Waals surface area contributed by atoms with Gasteiger partial charge in [0.2, 0.25) is 5.91 Å². The van der Waals surface area contributed by atoms with Gasteiger partial charge in [0.25, 0.3) is 0 Å². The summed E-state index contributed by atoms with van der Waals surface area (Å²) in [7, 11) is 1.73. The van der Waals surface area contributed by atoms with Gasteiger partial charge in [0.15, 0.2) is 5.96 Å². The summed E-state index contributed by atoms with van der Waals surface area (Å²) in [6.07, 6.45) is 1.71.